The summed E-state index contributed by atoms with van der Waals surface area (Å²) in [6.07, 6.45) is 1.57. The number of esters is 1. The third kappa shape index (κ3) is 2.70. The molecule has 0 radical (unpaired) electrons. The summed E-state index contributed by atoms with van der Waals surface area (Å²) >= 11 is 0. The van der Waals surface area contributed by atoms with Crippen molar-refractivity contribution in [3.05, 3.63) is 29.3 Å². The van der Waals surface area contributed by atoms with E-state index in [0.29, 0.717) is 17.8 Å². The predicted octanol–water partition coefficient (Wildman–Crippen LogP) is 0.947. The first kappa shape index (κ1) is 11.5. The molecule has 1 aromatic rings. The molecule has 4 heteroatoms. The Kier molecular flexibility index (Phi) is 4.12. The number of carbonyl (C=O) groups is 1. The Morgan fingerprint density at radius 2 is 2.20 bits per heavy atom. The molecule has 0 fully saturated rings. The Morgan fingerprint density at radius 1 is 1.47 bits per heavy atom. The molecule has 0 spiro atoms. The summed E-state index contributed by atoms with van der Waals surface area (Å²) in [6.45, 7) is 0.593. The van der Waals surface area contributed by atoms with Gasteiger partial charge in [-0.1, -0.05) is 12.1 Å². The van der Waals surface area contributed by atoms with E-state index in [1.807, 2.05) is 12.1 Å². The number of ether oxygens (including phenoxy) is 1. The first-order valence-electron chi connectivity index (χ1n) is 4.86. The molecule has 0 aliphatic rings. The molecule has 0 heterocycles. The minimum atomic E-state index is -0.389. The Bertz CT molecular complexity index is 350. The van der Waals surface area contributed by atoms with Crippen LogP contribution in [-0.4, -0.2) is 19.6 Å². The van der Waals surface area contributed by atoms with Crippen molar-refractivity contribution in [3.63, 3.8) is 0 Å². The Labute approximate surface area is 89.2 Å². The third-order valence-electron chi connectivity index (χ3n) is 2.22. The number of nitrogen functional groups attached to an aromatic ring is 1. The molecule has 0 aliphatic carbocycles. The molecular formula is C11H16N2O2. The zero-order valence-electron chi connectivity index (χ0n) is 8.82. The number of benzene rings is 1. The molecule has 0 saturated heterocycles. The zero-order chi connectivity index (χ0) is 11.3. The van der Waals surface area contributed by atoms with Crippen LogP contribution in [0.3, 0.4) is 0 Å². The number of methoxy groups -OCH3 is 1. The predicted molar refractivity (Wildman–Crippen MR) is 59.6 cm³/mol. The van der Waals surface area contributed by atoms with Crippen LogP contribution in [0.25, 0.3) is 0 Å². The number of aryl methyl sites for hydroxylation is 1. The maximum absolute atomic E-state index is 11.5. The molecule has 0 saturated carbocycles. The normalized spacial score (nSPS) is 10.0. The van der Waals surface area contributed by atoms with Crippen molar-refractivity contribution >= 4 is 11.7 Å². The van der Waals surface area contributed by atoms with Gasteiger partial charge in [0, 0.05) is 5.69 Å². The van der Waals surface area contributed by atoms with Gasteiger partial charge in [-0.25, -0.2) is 4.79 Å². The van der Waals surface area contributed by atoms with Crippen LogP contribution in [0.15, 0.2) is 18.2 Å². The maximum atomic E-state index is 11.5. The summed E-state index contributed by atoms with van der Waals surface area (Å²) in [5.74, 6) is -0.389. The van der Waals surface area contributed by atoms with Crippen LogP contribution >= 0.6 is 0 Å². The van der Waals surface area contributed by atoms with Crippen molar-refractivity contribution < 1.29 is 9.53 Å². The lowest BCUT2D eigenvalue weighted by Crippen LogP contribution is -2.10. The number of anilines is 1. The number of nitrogens with two attached hydrogens (primary N) is 2. The molecule has 15 heavy (non-hydrogen) atoms. The monoisotopic (exact) mass is 208 g/mol. The van der Waals surface area contributed by atoms with Gasteiger partial charge in [-0.05, 0) is 31.0 Å². The van der Waals surface area contributed by atoms with Crippen LogP contribution < -0.4 is 11.5 Å². The molecule has 82 valence electrons. The summed E-state index contributed by atoms with van der Waals surface area (Å²) in [5.41, 5.74) is 13.0. The van der Waals surface area contributed by atoms with E-state index in [1.54, 1.807) is 6.07 Å². The second kappa shape index (κ2) is 5.36. The van der Waals surface area contributed by atoms with Crippen molar-refractivity contribution in [2.45, 2.75) is 12.8 Å². The van der Waals surface area contributed by atoms with E-state index in [9.17, 15) is 4.79 Å². The van der Waals surface area contributed by atoms with Gasteiger partial charge in [0.05, 0.1) is 12.7 Å². The molecule has 0 aliphatic heterocycles. The molecule has 1 rings (SSSR count). The highest BCUT2D eigenvalue weighted by atomic mass is 16.5. The van der Waals surface area contributed by atoms with Gasteiger partial charge in [-0.3, -0.25) is 0 Å². The van der Waals surface area contributed by atoms with Crippen LogP contribution in [0.2, 0.25) is 0 Å². The number of hydrogen-bond donors (Lipinski definition) is 2. The van der Waals surface area contributed by atoms with Gasteiger partial charge in [0.1, 0.15) is 0 Å². The smallest absolute Gasteiger partial charge is 0.340 e. The van der Waals surface area contributed by atoms with Crippen LogP contribution in [0.4, 0.5) is 5.69 Å². The minimum Gasteiger partial charge on any atom is -0.465 e. The lowest BCUT2D eigenvalue weighted by atomic mass is 10.0. The van der Waals surface area contributed by atoms with Crippen molar-refractivity contribution in [1.82, 2.24) is 0 Å². The van der Waals surface area contributed by atoms with E-state index in [4.69, 9.17) is 11.5 Å². The first-order valence-corrected chi connectivity index (χ1v) is 4.86. The fourth-order valence-corrected chi connectivity index (χ4v) is 1.47. The SMILES string of the molecule is COC(=O)c1c(N)cccc1CCCN. The van der Waals surface area contributed by atoms with Gasteiger partial charge in [0.2, 0.25) is 0 Å². The molecule has 4 N–H and O–H groups in total. The van der Waals surface area contributed by atoms with E-state index in [1.165, 1.54) is 7.11 Å². The summed E-state index contributed by atoms with van der Waals surface area (Å²) < 4.78 is 4.69. The molecular weight excluding hydrogens is 192 g/mol. The highest BCUT2D eigenvalue weighted by molar-refractivity contribution is 5.96. The van der Waals surface area contributed by atoms with Crippen LogP contribution in [0, 0.1) is 0 Å². The summed E-state index contributed by atoms with van der Waals surface area (Å²) in [6, 6.07) is 5.39. The highest BCUT2D eigenvalue weighted by Gasteiger charge is 2.14. The molecule has 0 amide bonds. The highest BCUT2D eigenvalue weighted by Crippen LogP contribution is 2.19. The zero-order valence-corrected chi connectivity index (χ0v) is 8.82. The van der Waals surface area contributed by atoms with Crippen molar-refractivity contribution in [1.29, 1.82) is 0 Å². The Hall–Kier alpha value is -1.55. The third-order valence-corrected chi connectivity index (χ3v) is 2.22. The Morgan fingerprint density at radius 3 is 2.80 bits per heavy atom. The first-order chi connectivity index (χ1) is 7.20. The van der Waals surface area contributed by atoms with Crippen LogP contribution in [-0.2, 0) is 11.2 Å². The van der Waals surface area contributed by atoms with E-state index < -0.39 is 0 Å². The number of carbonyl (C=O) groups excluding carboxylic acids is 1. The fraction of sp³-hybridized carbons (Fsp3) is 0.364. The van der Waals surface area contributed by atoms with Crippen molar-refractivity contribution in [2.24, 2.45) is 5.73 Å². The lowest BCUT2D eigenvalue weighted by molar-refractivity contribution is 0.0600. The molecule has 4 nitrogen and oxygen atoms in total. The second-order valence-corrected chi connectivity index (χ2v) is 3.27. The van der Waals surface area contributed by atoms with Crippen LogP contribution in [0.1, 0.15) is 22.3 Å². The maximum Gasteiger partial charge on any atom is 0.340 e. The van der Waals surface area contributed by atoms with Crippen molar-refractivity contribution in [2.75, 3.05) is 19.4 Å². The number of hydrogen-bond acceptors (Lipinski definition) is 4. The fourth-order valence-electron chi connectivity index (χ4n) is 1.47. The average molecular weight is 208 g/mol. The average Bonchev–Trinajstić information content (AvgIpc) is 2.25. The molecule has 1 aromatic carbocycles. The molecule has 0 aromatic heterocycles. The van der Waals surface area contributed by atoms with E-state index in [2.05, 4.69) is 4.74 Å². The van der Waals surface area contributed by atoms with Gasteiger partial charge >= 0.3 is 5.97 Å². The van der Waals surface area contributed by atoms with E-state index in [-0.39, 0.29) is 5.97 Å². The lowest BCUT2D eigenvalue weighted by Gasteiger charge is -2.09. The molecule has 0 atom stereocenters. The van der Waals surface area contributed by atoms with Gasteiger partial charge in [-0.2, -0.15) is 0 Å². The van der Waals surface area contributed by atoms with Gasteiger partial charge < -0.3 is 16.2 Å². The largest absolute Gasteiger partial charge is 0.465 e. The number of rotatable bonds is 4. The van der Waals surface area contributed by atoms with Crippen LogP contribution in [0.5, 0.6) is 0 Å². The summed E-state index contributed by atoms with van der Waals surface area (Å²) in [7, 11) is 1.35. The van der Waals surface area contributed by atoms with E-state index in [0.717, 1.165) is 18.4 Å². The summed E-state index contributed by atoms with van der Waals surface area (Å²) in [4.78, 5) is 11.5. The topological polar surface area (TPSA) is 78.3 Å². The van der Waals surface area contributed by atoms with Gasteiger partial charge in [-0.15, -0.1) is 0 Å². The Balaban J connectivity index is 3.03. The quantitative estimate of drug-likeness (QED) is 0.570. The molecule has 0 bridgehead atoms. The van der Waals surface area contributed by atoms with E-state index >= 15 is 0 Å². The minimum absolute atomic E-state index is 0.389. The molecule has 0 unspecified atom stereocenters. The summed E-state index contributed by atoms with van der Waals surface area (Å²) in [5, 5.41) is 0. The van der Waals surface area contributed by atoms with Crippen molar-refractivity contribution in [3.8, 4) is 0 Å². The van der Waals surface area contributed by atoms with Gasteiger partial charge in [0.15, 0.2) is 0 Å². The standard InChI is InChI=1S/C11H16N2O2/c1-15-11(14)10-8(5-3-7-12)4-2-6-9(10)13/h2,4,6H,3,5,7,12-13H2,1H3. The van der Waals surface area contributed by atoms with Gasteiger partial charge in [0.25, 0.3) is 0 Å². The second-order valence-electron chi connectivity index (χ2n) is 3.27.